The molecule has 17 heavy (non-hydrogen) atoms. The van der Waals surface area contributed by atoms with Gasteiger partial charge in [0.1, 0.15) is 11.3 Å². The molecule has 0 unspecified atom stereocenters. The number of aryl methyl sites for hydroxylation is 1. The van der Waals surface area contributed by atoms with E-state index < -0.39 is 0 Å². The summed E-state index contributed by atoms with van der Waals surface area (Å²) in [6, 6.07) is 7.07. The van der Waals surface area contributed by atoms with E-state index in [9.17, 15) is 4.79 Å². The average Bonchev–Trinajstić information content (AvgIpc) is 2.74. The molecule has 1 heterocycles. The molecule has 0 radical (unpaired) electrons. The van der Waals surface area contributed by atoms with Crippen LogP contribution in [0.1, 0.15) is 16.1 Å². The van der Waals surface area contributed by atoms with Gasteiger partial charge >= 0.3 is 0 Å². The van der Waals surface area contributed by atoms with Gasteiger partial charge in [0.2, 0.25) is 0 Å². The van der Waals surface area contributed by atoms with E-state index >= 15 is 0 Å². The zero-order valence-electron chi connectivity index (χ0n) is 9.68. The summed E-state index contributed by atoms with van der Waals surface area (Å²) in [5.74, 6) is 0.353. The minimum Gasteiger partial charge on any atom is -0.399 e. The first-order valence-electron chi connectivity index (χ1n) is 5.14. The summed E-state index contributed by atoms with van der Waals surface area (Å²) in [7, 11) is 1.69. The molecule has 5 heteroatoms. The van der Waals surface area contributed by atoms with E-state index in [4.69, 9.17) is 10.3 Å². The van der Waals surface area contributed by atoms with Crippen molar-refractivity contribution in [3.8, 4) is 0 Å². The van der Waals surface area contributed by atoms with Gasteiger partial charge in [0.25, 0.3) is 5.91 Å². The minimum atomic E-state index is -0.159. The van der Waals surface area contributed by atoms with Gasteiger partial charge in [-0.1, -0.05) is 5.16 Å². The maximum Gasteiger partial charge on any atom is 0.263 e. The number of amides is 1. The van der Waals surface area contributed by atoms with Crippen molar-refractivity contribution in [1.82, 2.24) is 5.16 Å². The molecule has 1 aromatic carbocycles. The molecule has 0 saturated carbocycles. The van der Waals surface area contributed by atoms with Gasteiger partial charge in [0, 0.05) is 18.4 Å². The van der Waals surface area contributed by atoms with Crippen LogP contribution in [0.15, 0.2) is 35.0 Å². The van der Waals surface area contributed by atoms with Crippen LogP contribution in [0.3, 0.4) is 0 Å². The molecule has 0 aliphatic carbocycles. The summed E-state index contributed by atoms with van der Waals surface area (Å²) in [6.07, 6.45) is 1.42. The van der Waals surface area contributed by atoms with Crippen LogP contribution in [-0.4, -0.2) is 18.1 Å². The van der Waals surface area contributed by atoms with Crippen LogP contribution in [-0.2, 0) is 0 Å². The van der Waals surface area contributed by atoms with Gasteiger partial charge in [0.15, 0.2) is 0 Å². The number of nitrogen functional groups attached to an aromatic ring is 1. The molecule has 0 spiro atoms. The minimum absolute atomic E-state index is 0.159. The summed E-state index contributed by atoms with van der Waals surface area (Å²) in [6.45, 7) is 1.71. The quantitative estimate of drug-likeness (QED) is 0.800. The highest BCUT2D eigenvalue weighted by Gasteiger charge is 2.18. The monoisotopic (exact) mass is 231 g/mol. The summed E-state index contributed by atoms with van der Waals surface area (Å²) >= 11 is 0. The molecular weight excluding hydrogens is 218 g/mol. The second-order valence-electron chi connectivity index (χ2n) is 3.75. The molecule has 0 atom stereocenters. The second kappa shape index (κ2) is 4.29. The first-order valence-corrected chi connectivity index (χ1v) is 5.14. The van der Waals surface area contributed by atoms with Gasteiger partial charge < -0.3 is 15.2 Å². The van der Waals surface area contributed by atoms with Gasteiger partial charge in [-0.3, -0.25) is 4.79 Å². The van der Waals surface area contributed by atoms with Crippen LogP contribution in [0.2, 0.25) is 0 Å². The molecule has 2 rings (SSSR count). The largest absolute Gasteiger partial charge is 0.399 e. The maximum atomic E-state index is 12.1. The van der Waals surface area contributed by atoms with Crippen LogP contribution in [0.5, 0.6) is 0 Å². The van der Waals surface area contributed by atoms with Crippen LogP contribution in [0, 0.1) is 6.92 Å². The summed E-state index contributed by atoms with van der Waals surface area (Å²) in [5, 5.41) is 3.59. The van der Waals surface area contributed by atoms with E-state index in [1.165, 1.54) is 11.1 Å². The lowest BCUT2D eigenvalue weighted by Crippen LogP contribution is -2.26. The first kappa shape index (κ1) is 11.2. The summed E-state index contributed by atoms with van der Waals surface area (Å²) in [5.41, 5.74) is 7.49. The number of anilines is 2. The number of hydrogen-bond acceptors (Lipinski definition) is 4. The Labute approximate surface area is 98.8 Å². The molecule has 0 aliphatic rings. The number of carbonyl (C=O) groups is 1. The molecule has 1 amide bonds. The molecule has 2 N–H and O–H groups in total. The Morgan fingerprint density at radius 2 is 2.00 bits per heavy atom. The lowest BCUT2D eigenvalue weighted by atomic mass is 10.2. The molecule has 0 fully saturated rings. The Balaban J connectivity index is 2.26. The fourth-order valence-corrected chi connectivity index (χ4v) is 1.50. The van der Waals surface area contributed by atoms with Crippen LogP contribution >= 0.6 is 0 Å². The smallest absolute Gasteiger partial charge is 0.263 e. The molecule has 1 aromatic heterocycles. The third-order valence-corrected chi connectivity index (χ3v) is 2.57. The Morgan fingerprint density at radius 1 is 1.35 bits per heavy atom. The molecule has 5 nitrogen and oxygen atoms in total. The highest BCUT2D eigenvalue weighted by Crippen LogP contribution is 2.18. The Hall–Kier alpha value is -2.30. The molecular formula is C12H13N3O2. The third-order valence-electron chi connectivity index (χ3n) is 2.57. The number of aromatic nitrogens is 1. The standard InChI is InChI=1S/C12H13N3O2/c1-8-11(7-14-17-8)12(16)15(2)10-5-3-9(13)4-6-10/h3-7H,13H2,1-2H3. The van der Waals surface area contributed by atoms with Gasteiger partial charge in [-0.15, -0.1) is 0 Å². The van der Waals surface area contributed by atoms with Gasteiger partial charge in [-0.25, -0.2) is 0 Å². The van der Waals surface area contributed by atoms with Gasteiger partial charge in [-0.05, 0) is 31.2 Å². The zero-order chi connectivity index (χ0) is 12.4. The summed E-state index contributed by atoms with van der Waals surface area (Å²) < 4.78 is 4.87. The number of carbonyl (C=O) groups excluding carboxylic acids is 1. The van der Waals surface area contributed by atoms with E-state index in [0.29, 0.717) is 17.0 Å². The predicted octanol–water partition coefficient (Wildman–Crippen LogP) is 1.84. The van der Waals surface area contributed by atoms with Crippen LogP contribution < -0.4 is 10.6 Å². The van der Waals surface area contributed by atoms with Crippen LogP contribution in [0.4, 0.5) is 11.4 Å². The molecule has 88 valence electrons. The predicted molar refractivity (Wildman–Crippen MR) is 64.8 cm³/mol. The SMILES string of the molecule is Cc1oncc1C(=O)N(C)c1ccc(N)cc1. The third kappa shape index (κ3) is 2.13. The van der Waals surface area contributed by atoms with Crippen molar-refractivity contribution >= 4 is 17.3 Å². The average molecular weight is 231 g/mol. The number of hydrogen-bond donors (Lipinski definition) is 1. The Morgan fingerprint density at radius 3 is 2.53 bits per heavy atom. The van der Waals surface area contributed by atoms with Gasteiger partial charge in [0.05, 0.1) is 6.20 Å². The molecule has 0 saturated heterocycles. The van der Waals surface area contributed by atoms with E-state index in [-0.39, 0.29) is 5.91 Å². The van der Waals surface area contributed by atoms with Crippen molar-refractivity contribution in [1.29, 1.82) is 0 Å². The van der Waals surface area contributed by atoms with Crippen LogP contribution in [0.25, 0.3) is 0 Å². The molecule has 0 aliphatic heterocycles. The first-order chi connectivity index (χ1) is 8.09. The van der Waals surface area contributed by atoms with E-state index in [1.807, 2.05) is 0 Å². The number of nitrogens with zero attached hydrogens (tertiary/aromatic N) is 2. The Kier molecular flexibility index (Phi) is 2.82. The van der Waals surface area contributed by atoms with Crippen molar-refractivity contribution in [3.05, 3.63) is 41.8 Å². The lowest BCUT2D eigenvalue weighted by molar-refractivity contribution is 0.0991. The highest BCUT2D eigenvalue weighted by molar-refractivity contribution is 6.06. The van der Waals surface area contributed by atoms with Crippen molar-refractivity contribution in [2.75, 3.05) is 17.7 Å². The normalized spacial score (nSPS) is 10.2. The van der Waals surface area contributed by atoms with Gasteiger partial charge in [-0.2, -0.15) is 0 Å². The number of rotatable bonds is 2. The zero-order valence-corrected chi connectivity index (χ0v) is 9.68. The van der Waals surface area contributed by atoms with E-state index in [1.54, 1.807) is 38.2 Å². The Bertz CT molecular complexity index is 531. The summed E-state index contributed by atoms with van der Waals surface area (Å²) in [4.78, 5) is 13.6. The van der Waals surface area contributed by atoms with Crippen molar-refractivity contribution in [3.63, 3.8) is 0 Å². The van der Waals surface area contributed by atoms with E-state index in [0.717, 1.165) is 5.69 Å². The van der Waals surface area contributed by atoms with E-state index in [2.05, 4.69) is 5.16 Å². The van der Waals surface area contributed by atoms with Crippen molar-refractivity contribution < 1.29 is 9.32 Å². The lowest BCUT2D eigenvalue weighted by Gasteiger charge is -2.16. The van der Waals surface area contributed by atoms with Crippen molar-refractivity contribution in [2.45, 2.75) is 6.92 Å². The molecule has 0 bridgehead atoms. The number of benzene rings is 1. The van der Waals surface area contributed by atoms with Crippen molar-refractivity contribution in [2.24, 2.45) is 0 Å². The topological polar surface area (TPSA) is 72.4 Å². The highest BCUT2D eigenvalue weighted by atomic mass is 16.5. The maximum absolute atomic E-state index is 12.1. The fourth-order valence-electron chi connectivity index (χ4n) is 1.50. The fraction of sp³-hybridized carbons (Fsp3) is 0.167. The second-order valence-corrected chi connectivity index (χ2v) is 3.75. The molecule has 2 aromatic rings. The number of nitrogens with two attached hydrogens (primary N) is 1.